The molecular formula is C11H7N3OS. The average molecular weight is 229 g/mol. The van der Waals surface area contributed by atoms with Gasteiger partial charge in [-0.2, -0.15) is 8.75 Å². The lowest BCUT2D eigenvalue weighted by Crippen LogP contribution is -1.87. The molecule has 3 rings (SSSR count). The molecule has 1 aromatic carbocycles. The standard InChI is InChI=1S/C11H7N3OS/c1-2-7-12-10(6-1)15-9-5-3-4-8-11(9)14-16-13-8/h1-7H. The highest BCUT2D eigenvalue weighted by Gasteiger charge is 2.06. The summed E-state index contributed by atoms with van der Waals surface area (Å²) in [6.07, 6.45) is 1.69. The summed E-state index contributed by atoms with van der Waals surface area (Å²) in [5.74, 6) is 1.24. The third-order valence-corrected chi connectivity index (χ3v) is 2.64. The van der Waals surface area contributed by atoms with E-state index in [1.165, 1.54) is 11.7 Å². The van der Waals surface area contributed by atoms with Crippen LogP contribution < -0.4 is 4.74 Å². The number of hydrogen-bond acceptors (Lipinski definition) is 5. The fraction of sp³-hybridized carbons (Fsp3) is 0. The SMILES string of the molecule is c1ccc(Oc2cccc3nsnc23)nc1. The highest BCUT2D eigenvalue weighted by molar-refractivity contribution is 7.00. The first-order valence-corrected chi connectivity index (χ1v) is 5.47. The van der Waals surface area contributed by atoms with Crippen LogP contribution in [0.4, 0.5) is 0 Å². The van der Waals surface area contributed by atoms with Gasteiger partial charge in [0.2, 0.25) is 5.88 Å². The second kappa shape index (κ2) is 3.86. The molecule has 0 aliphatic carbocycles. The summed E-state index contributed by atoms with van der Waals surface area (Å²) in [7, 11) is 0. The van der Waals surface area contributed by atoms with E-state index in [0.29, 0.717) is 11.6 Å². The molecule has 0 saturated heterocycles. The molecule has 5 heteroatoms. The zero-order valence-electron chi connectivity index (χ0n) is 8.20. The van der Waals surface area contributed by atoms with Gasteiger partial charge in [-0.15, -0.1) is 0 Å². The highest BCUT2D eigenvalue weighted by atomic mass is 32.1. The van der Waals surface area contributed by atoms with Crippen LogP contribution in [0.1, 0.15) is 0 Å². The summed E-state index contributed by atoms with van der Waals surface area (Å²) in [5, 5.41) is 0. The van der Waals surface area contributed by atoms with Crippen molar-refractivity contribution in [2.75, 3.05) is 0 Å². The van der Waals surface area contributed by atoms with E-state index >= 15 is 0 Å². The number of pyridine rings is 1. The Balaban J connectivity index is 2.04. The fourth-order valence-corrected chi connectivity index (χ4v) is 1.93. The molecule has 78 valence electrons. The Morgan fingerprint density at radius 3 is 2.88 bits per heavy atom. The monoisotopic (exact) mass is 229 g/mol. The van der Waals surface area contributed by atoms with E-state index in [4.69, 9.17) is 4.74 Å². The molecule has 4 nitrogen and oxygen atoms in total. The van der Waals surface area contributed by atoms with Crippen molar-refractivity contribution in [1.82, 2.24) is 13.7 Å². The molecule has 0 aliphatic rings. The lowest BCUT2D eigenvalue weighted by atomic mass is 10.3. The first-order valence-electron chi connectivity index (χ1n) is 4.74. The second-order valence-electron chi connectivity index (χ2n) is 3.16. The largest absolute Gasteiger partial charge is 0.437 e. The van der Waals surface area contributed by atoms with Crippen LogP contribution in [-0.4, -0.2) is 13.7 Å². The Bertz CT molecular complexity index is 609. The van der Waals surface area contributed by atoms with Crippen molar-refractivity contribution in [3.05, 3.63) is 42.6 Å². The predicted molar refractivity (Wildman–Crippen MR) is 61.7 cm³/mol. The Kier molecular flexibility index (Phi) is 2.23. The Morgan fingerprint density at radius 2 is 2.00 bits per heavy atom. The minimum Gasteiger partial charge on any atom is -0.437 e. The van der Waals surface area contributed by atoms with Crippen LogP contribution in [0.15, 0.2) is 42.6 Å². The molecule has 0 bridgehead atoms. The van der Waals surface area contributed by atoms with Gasteiger partial charge in [0.25, 0.3) is 0 Å². The van der Waals surface area contributed by atoms with E-state index in [1.54, 1.807) is 12.3 Å². The maximum atomic E-state index is 5.64. The van der Waals surface area contributed by atoms with Crippen molar-refractivity contribution in [2.45, 2.75) is 0 Å². The summed E-state index contributed by atoms with van der Waals surface area (Å²) < 4.78 is 14.0. The Labute approximate surface area is 95.9 Å². The molecule has 0 radical (unpaired) electrons. The first-order chi connectivity index (χ1) is 7.93. The molecule has 0 N–H and O–H groups in total. The summed E-state index contributed by atoms with van der Waals surface area (Å²) in [5.41, 5.74) is 1.62. The van der Waals surface area contributed by atoms with E-state index in [2.05, 4.69) is 13.7 Å². The van der Waals surface area contributed by atoms with Gasteiger partial charge in [-0.05, 0) is 18.2 Å². The zero-order valence-corrected chi connectivity index (χ0v) is 9.02. The average Bonchev–Trinajstić information content (AvgIpc) is 2.80. The van der Waals surface area contributed by atoms with Crippen molar-refractivity contribution in [2.24, 2.45) is 0 Å². The quantitative estimate of drug-likeness (QED) is 0.678. The molecule has 0 fully saturated rings. The molecule has 0 saturated carbocycles. The number of nitrogens with zero attached hydrogens (tertiary/aromatic N) is 3. The van der Waals surface area contributed by atoms with Crippen molar-refractivity contribution < 1.29 is 4.74 Å². The molecule has 0 spiro atoms. The van der Waals surface area contributed by atoms with Gasteiger partial charge in [0.1, 0.15) is 11.0 Å². The van der Waals surface area contributed by atoms with Crippen molar-refractivity contribution in [1.29, 1.82) is 0 Å². The molecule has 16 heavy (non-hydrogen) atoms. The van der Waals surface area contributed by atoms with Gasteiger partial charge < -0.3 is 4.74 Å². The van der Waals surface area contributed by atoms with Gasteiger partial charge in [0.15, 0.2) is 5.75 Å². The van der Waals surface area contributed by atoms with E-state index < -0.39 is 0 Å². The van der Waals surface area contributed by atoms with Gasteiger partial charge >= 0.3 is 0 Å². The van der Waals surface area contributed by atoms with Gasteiger partial charge in [0, 0.05) is 12.3 Å². The molecule has 0 atom stereocenters. The van der Waals surface area contributed by atoms with Gasteiger partial charge in [-0.3, -0.25) is 0 Å². The van der Waals surface area contributed by atoms with Crippen molar-refractivity contribution in [3.63, 3.8) is 0 Å². The van der Waals surface area contributed by atoms with E-state index in [1.807, 2.05) is 30.3 Å². The number of rotatable bonds is 2. The van der Waals surface area contributed by atoms with Crippen LogP contribution in [0.3, 0.4) is 0 Å². The van der Waals surface area contributed by atoms with Crippen LogP contribution in [-0.2, 0) is 0 Å². The van der Waals surface area contributed by atoms with Crippen LogP contribution in [0, 0.1) is 0 Å². The molecule has 0 amide bonds. The van der Waals surface area contributed by atoms with Gasteiger partial charge in [-0.25, -0.2) is 4.98 Å². The maximum absolute atomic E-state index is 5.64. The number of hydrogen-bond donors (Lipinski definition) is 0. The van der Waals surface area contributed by atoms with Gasteiger partial charge in [0.05, 0.1) is 11.7 Å². The lowest BCUT2D eigenvalue weighted by Gasteiger charge is -2.03. The van der Waals surface area contributed by atoms with Crippen molar-refractivity contribution in [3.8, 4) is 11.6 Å². The summed E-state index contributed by atoms with van der Waals surface area (Å²) in [4.78, 5) is 4.10. The molecule has 0 aliphatic heterocycles. The summed E-state index contributed by atoms with van der Waals surface area (Å²) in [6.45, 7) is 0. The van der Waals surface area contributed by atoms with Crippen LogP contribution in [0.2, 0.25) is 0 Å². The zero-order chi connectivity index (χ0) is 10.8. The molecule has 2 aromatic heterocycles. The number of aromatic nitrogens is 3. The minimum atomic E-state index is 0.558. The highest BCUT2D eigenvalue weighted by Crippen LogP contribution is 2.27. The van der Waals surface area contributed by atoms with Crippen LogP contribution in [0.25, 0.3) is 11.0 Å². The third kappa shape index (κ3) is 1.61. The topological polar surface area (TPSA) is 47.9 Å². The number of benzene rings is 1. The summed E-state index contributed by atoms with van der Waals surface area (Å²) in [6, 6.07) is 11.2. The van der Waals surface area contributed by atoms with Crippen LogP contribution in [0.5, 0.6) is 11.6 Å². The maximum Gasteiger partial charge on any atom is 0.219 e. The predicted octanol–water partition coefficient (Wildman–Crippen LogP) is 2.88. The van der Waals surface area contributed by atoms with E-state index in [9.17, 15) is 0 Å². The molecular weight excluding hydrogens is 222 g/mol. The Morgan fingerprint density at radius 1 is 1.00 bits per heavy atom. The summed E-state index contributed by atoms with van der Waals surface area (Å²) >= 11 is 1.18. The fourth-order valence-electron chi connectivity index (χ4n) is 1.38. The first kappa shape index (κ1) is 9.23. The van der Waals surface area contributed by atoms with Crippen molar-refractivity contribution >= 4 is 22.8 Å². The normalized spacial score (nSPS) is 10.5. The minimum absolute atomic E-state index is 0.558. The third-order valence-electron chi connectivity index (χ3n) is 2.10. The van der Waals surface area contributed by atoms with E-state index in [-0.39, 0.29) is 0 Å². The second-order valence-corrected chi connectivity index (χ2v) is 3.69. The van der Waals surface area contributed by atoms with Gasteiger partial charge in [-0.1, -0.05) is 12.1 Å². The Hall–Kier alpha value is -2.01. The molecule has 0 unspecified atom stereocenters. The number of fused-ring (bicyclic) bond motifs is 1. The van der Waals surface area contributed by atoms with Crippen LogP contribution >= 0.6 is 11.7 Å². The number of ether oxygens (including phenoxy) is 1. The van der Waals surface area contributed by atoms with E-state index in [0.717, 1.165) is 11.0 Å². The smallest absolute Gasteiger partial charge is 0.219 e. The molecule has 3 aromatic rings. The lowest BCUT2D eigenvalue weighted by molar-refractivity contribution is 0.467. The molecule has 2 heterocycles.